The summed E-state index contributed by atoms with van der Waals surface area (Å²) in [5.41, 5.74) is 6.14. The molecular weight excluding hydrogens is 348 g/mol. The lowest BCUT2D eigenvalue weighted by Crippen LogP contribution is -2.42. The Morgan fingerprint density at radius 1 is 1.36 bits per heavy atom. The van der Waals surface area contributed by atoms with Crippen LogP contribution >= 0.6 is 0 Å². The van der Waals surface area contributed by atoms with Crippen LogP contribution in [0.15, 0.2) is 30.1 Å². The van der Waals surface area contributed by atoms with Gasteiger partial charge >= 0.3 is 12.1 Å². The first-order chi connectivity index (χ1) is 11.8. The molecule has 1 heterocycles. The minimum Gasteiger partial charge on any atom is -0.489 e. The van der Waals surface area contributed by atoms with E-state index in [-0.39, 0.29) is 37.3 Å². The summed E-state index contributed by atoms with van der Waals surface area (Å²) in [4.78, 5) is 27.0. The van der Waals surface area contributed by atoms with E-state index in [4.69, 9.17) is 10.5 Å². The average Bonchev–Trinajstić information content (AvgIpc) is 2.57. The SMILES string of the molecule is NC/C(=C\F)COc1ccc2c(c1)CCN(OC(=O)C(F)(F)F)C2=O. The van der Waals surface area contributed by atoms with Crippen LogP contribution in [-0.4, -0.2) is 42.8 Å². The maximum absolute atomic E-state index is 12.4. The number of rotatable bonds is 5. The molecule has 136 valence electrons. The second-order valence-electron chi connectivity index (χ2n) is 5.11. The van der Waals surface area contributed by atoms with Gasteiger partial charge in [-0.05, 0) is 30.2 Å². The molecule has 1 aliphatic rings. The number of amides is 1. The lowest BCUT2D eigenvalue weighted by atomic mass is 10.00. The van der Waals surface area contributed by atoms with E-state index in [9.17, 15) is 27.2 Å². The quantitative estimate of drug-likeness (QED) is 0.809. The van der Waals surface area contributed by atoms with Crippen molar-refractivity contribution in [3.8, 4) is 5.75 Å². The van der Waals surface area contributed by atoms with Gasteiger partial charge in [-0.15, -0.1) is 0 Å². The Morgan fingerprint density at radius 3 is 2.68 bits per heavy atom. The van der Waals surface area contributed by atoms with E-state index in [1.165, 1.54) is 18.2 Å². The third-order valence-electron chi connectivity index (χ3n) is 3.38. The summed E-state index contributed by atoms with van der Waals surface area (Å²) in [6, 6.07) is 4.25. The largest absolute Gasteiger partial charge is 0.493 e. The summed E-state index contributed by atoms with van der Waals surface area (Å²) >= 11 is 0. The Balaban J connectivity index is 2.08. The fraction of sp³-hybridized carbons (Fsp3) is 0.333. The van der Waals surface area contributed by atoms with Crippen molar-refractivity contribution in [2.45, 2.75) is 12.6 Å². The fourth-order valence-electron chi connectivity index (χ4n) is 2.08. The number of ether oxygens (including phenoxy) is 1. The van der Waals surface area contributed by atoms with Gasteiger partial charge < -0.3 is 15.3 Å². The van der Waals surface area contributed by atoms with Crippen LogP contribution in [0.5, 0.6) is 5.75 Å². The van der Waals surface area contributed by atoms with E-state index in [1.54, 1.807) is 0 Å². The summed E-state index contributed by atoms with van der Waals surface area (Å²) < 4.78 is 54.4. The number of carbonyl (C=O) groups excluding carboxylic acids is 2. The molecule has 0 aliphatic carbocycles. The number of hydroxylamine groups is 2. The molecule has 1 amide bonds. The van der Waals surface area contributed by atoms with Gasteiger partial charge in [-0.1, -0.05) is 0 Å². The molecule has 2 rings (SSSR count). The predicted octanol–water partition coefficient (Wildman–Crippen LogP) is 1.90. The zero-order valence-electron chi connectivity index (χ0n) is 12.8. The van der Waals surface area contributed by atoms with Crippen molar-refractivity contribution in [3.63, 3.8) is 0 Å². The van der Waals surface area contributed by atoms with Crippen LogP contribution in [-0.2, 0) is 16.1 Å². The van der Waals surface area contributed by atoms with Crippen molar-refractivity contribution in [2.75, 3.05) is 19.7 Å². The normalized spacial score (nSPS) is 15.0. The van der Waals surface area contributed by atoms with Gasteiger partial charge in [-0.3, -0.25) is 4.79 Å². The summed E-state index contributed by atoms with van der Waals surface area (Å²) in [7, 11) is 0. The molecule has 6 nitrogen and oxygen atoms in total. The third kappa shape index (κ3) is 4.47. The Hall–Kier alpha value is -2.62. The topological polar surface area (TPSA) is 81.9 Å². The second-order valence-corrected chi connectivity index (χ2v) is 5.11. The number of carbonyl (C=O) groups is 2. The Morgan fingerprint density at radius 2 is 2.08 bits per heavy atom. The van der Waals surface area contributed by atoms with Gasteiger partial charge in [0.1, 0.15) is 12.4 Å². The molecule has 1 aliphatic heterocycles. The molecule has 0 unspecified atom stereocenters. The number of fused-ring (bicyclic) bond motifs is 1. The Bertz CT molecular complexity index is 703. The first kappa shape index (κ1) is 18.7. The van der Waals surface area contributed by atoms with Crippen LogP contribution in [0.2, 0.25) is 0 Å². The molecule has 25 heavy (non-hydrogen) atoms. The van der Waals surface area contributed by atoms with Crippen LogP contribution in [0.1, 0.15) is 15.9 Å². The molecule has 10 heteroatoms. The number of alkyl halides is 3. The van der Waals surface area contributed by atoms with Crippen molar-refractivity contribution in [1.82, 2.24) is 5.06 Å². The van der Waals surface area contributed by atoms with E-state index >= 15 is 0 Å². The zero-order valence-corrected chi connectivity index (χ0v) is 12.8. The van der Waals surface area contributed by atoms with Gasteiger partial charge in [0.2, 0.25) is 0 Å². The molecule has 0 saturated carbocycles. The van der Waals surface area contributed by atoms with E-state index in [0.717, 1.165) is 0 Å². The van der Waals surface area contributed by atoms with Crippen molar-refractivity contribution in [1.29, 1.82) is 0 Å². The molecule has 0 spiro atoms. The van der Waals surface area contributed by atoms with Crippen LogP contribution in [0, 0.1) is 0 Å². The minimum absolute atomic E-state index is 0.0144. The van der Waals surface area contributed by atoms with Gasteiger partial charge in [0, 0.05) is 17.7 Å². The fourth-order valence-corrected chi connectivity index (χ4v) is 2.08. The zero-order chi connectivity index (χ0) is 18.6. The molecule has 1 aromatic rings. The number of nitrogens with zero attached hydrogens (tertiary/aromatic N) is 1. The van der Waals surface area contributed by atoms with Gasteiger partial charge in [0.05, 0.1) is 12.9 Å². The lowest BCUT2D eigenvalue weighted by molar-refractivity contribution is -0.228. The summed E-state index contributed by atoms with van der Waals surface area (Å²) in [6.07, 6.45) is -4.69. The predicted molar refractivity (Wildman–Crippen MR) is 77.1 cm³/mol. The van der Waals surface area contributed by atoms with E-state index in [0.29, 0.717) is 22.7 Å². The first-order valence-electron chi connectivity index (χ1n) is 7.11. The van der Waals surface area contributed by atoms with Crippen LogP contribution in [0.4, 0.5) is 17.6 Å². The first-order valence-corrected chi connectivity index (χ1v) is 7.11. The highest BCUT2D eigenvalue weighted by atomic mass is 19.4. The van der Waals surface area contributed by atoms with Crippen molar-refractivity contribution >= 4 is 11.9 Å². The summed E-state index contributed by atoms with van der Waals surface area (Å²) in [5.74, 6) is -2.98. The summed E-state index contributed by atoms with van der Waals surface area (Å²) in [6.45, 7) is -0.315. The third-order valence-corrected chi connectivity index (χ3v) is 3.38. The highest BCUT2D eigenvalue weighted by Gasteiger charge is 2.44. The summed E-state index contributed by atoms with van der Waals surface area (Å²) in [5, 5.41) is 0.372. The molecule has 0 bridgehead atoms. The standard InChI is InChI=1S/C15H14F4N2O4/c16-6-9(7-20)8-24-11-1-2-12-10(5-11)3-4-21(13(12)22)25-14(23)15(17,18)19/h1-2,5-6H,3-4,7-8,20H2/b9-6+. The highest BCUT2D eigenvalue weighted by Crippen LogP contribution is 2.26. The average molecular weight is 362 g/mol. The Kier molecular flexibility index (Phi) is 5.62. The molecule has 0 aromatic heterocycles. The maximum Gasteiger partial charge on any atom is 0.493 e. The van der Waals surface area contributed by atoms with Gasteiger partial charge in [-0.2, -0.15) is 18.2 Å². The van der Waals surface area contributed by atoms with Crippen LogP contribution in [0.25, 0.3) is 0 Å². The number of hydrogen-bond donors (Lipinski definition) is 1. The monoisotopic (exact) mass is 362 g/mol. The molecule has 0 saturated heterocycles. The second kappa shape index (κ2) is 7.51. The number of halogens is 4. The van der Waals surface area contributed by atoms with Crippen LogP contribution < -0.4 is 10.5 Å². The van der Waals surface area contributed by atoms with Gasteiger partial charge in [-0.25, -0.2) is 9.18 Å². The molecule has 1 aromatic carbocycles. The maximum atomic E-state index is 12.4. The molecule has 0 radical (unpaired) electrons. The van der Waals surface area contributed by atoms with Crippen molar-refractivity contribution in [3.05, 3.63) is 41.2 Å². The molecule has 0 fully saturated rings. The van der Waals surface area contributed by atoms with Crippen LogP contribution in [0.3, 0.4) is 0 Å². The van der Waals surface area contributed by atoms with Gasteiger partial charge in [0.15, 0.2) is 0 Å². The van der Waals surface area contributed by atoms with E-state index in [1.807, 2.05) is 0 Å². The number of benzene rings is 1. The number of hydrogen-bond acceptors (Lipinski definition) is 5. The van der Waals surface area contributed by atoms with Crippen molar-refractivity contribution < 1.29 is 36.7 Å². The smallest absolute Gasteiger partial charge is 0.489 e. The van der Waals surface area contributed by atoms with Gasteiger partial charge in [0.25, 0.3) is 5.91 Å². The van der Waals surface area contributed by atoms with Crippen molar-refractivity contribution in [2.24, 2.45) is 5.73 Å². The Labute approximate surface area is 139 Å². The molecule has 0 atom stereocenters. The minimum atomic E-state index is -5.19. The molecule has 2 N–H and O–H groups in total. The van der Waals surface area contributed by atoms with E-state index < -0.39 is 18.1 Å². The number of nitrogens with two attached hydrogens (primary N) is 1. The lowest BCUT2D eigenvalue weighted by Gasteiger charge is -2.27. The highest BCUT2D eigenvalue weighted by molar-refractivity contribution is 5.97. The molecular formula is C15H14F4N2O4. The van der Waals surface area contributed by atoms with E-state index in [2.05, 4.69) is 4.84 Å².